The van der Waals surface area contributed by atoms with E-state index >= 15 is 0 Å². The zero-order chi connectivity index (χ0) is 19.7. The Morgan fingerprint density at radius 3 is 2.75 bits per heavy atom. The standard InChI is InChI=1S/C21H27N3O4/c1-13(2)19-22-20(28-23-19)14-6-8-24(9-7-14)21(25)16-10-15-4-5-17(26-3)11-18(15)27-12-16/h4-5,11,13-14,16H,6-10,12H2,1-3H3/t16-/m0/s1. The fourth-order valence-electron chi connectivity index (χ4n) is 3.89. The number of likely N-dealkylation sites (tertiary alicyclic amines) is 1. The second-order valence-corrected chi connectivity index (χ2v) is 7.93. The summed E-state index contributed by atoms with van der Waals surface area (Å²) in [6.45, 7) is 5.96. The van der Waals surface area contributed by atoms with Gasteiger partial charge in [0.15, 0.2) is 5.82 Å². The third-order valence-electron chi connectivity index (χ3n) is 5.66. The van der Waals surface area contributed by atoms with Crippen LogP contribution in [0.3, 0.4) is 0 Å². The molecule has 1 atom stereocenters. The van der Waals surface area contributed by atoms with Gasteiger partial charge in [-0.2, -0.15) is 4.98 Å². The molecule has 4 rings (SSSR count). The predicted molar refractivity (Wildman–Crippen MR) is 103 cm³/mol. The molecule has 28 heavy (non-hydrogen) atoms. The summed E-state index contributed by atoms with van der Waals surface area (Å²) in [6, 6.07) is 5.79. The fourth-order valence-corrected chi connectivity index (χ4v) is 3.89. The van der Waals surface area contributed by atoms with E-state index < -0.39 is 0 Å². The van der Waals surface area contributed by atoms with Gasteiger partial charge in [-0.3, -0.25) is 4.79 Å². The monoisotopic (exact) mass is 385 g/mol. The first-order valence-electron chi connectivity index (χ1n) is 9.97. The number of hydrogen-bond acceptors (Lipinski definition) is 6. The number of carbonyl (C=O) groups is 1. The van der Waals surface area contributed by atoms with Gasteiger partial charge in [-0.05, 0) is 30.9 Å². The van der Waals surface area contributed by atoms with E-state index in [1.54, 1.807) is 7.11 Å². The summed E-state index contributed by atoms with van der Waals surface area (Å²) in [5, 5.41) is 4.06. The number of ether oxygens (including phenoxy) is 2. The summed E-state index contributed by atoms with van der Waals surface area (Å²) < 4.78 is 16.5. The molecule has 1 amide bonds. The molecule has 0 unspecified atom stereocenters. The maximum Gasteiger partial charge on any atom is 0.229 e. The van der Waals surface area contributed by atoms with Gasteiger partial charge in [0.25, 0.3) is 0 Å². The summed E-state index contributed by atoms with van der Waals surface area (Å²) in [7, 11) is 1.64. The molecule has 0 N–H and O–H groups in total. The van der Waals surface area contributed by atoms with E-state index in [2.05, 4.69) is 24.0 Å². The number of benzene rings is 1. The van der Waals surface area contributed by atoms with Crippen molar-refractivity contribution in [3.8, 4) is 11.5 Å². The lowest BCUT2D eigenvalue weighted by Crippen LogP contribution is -2.44. The molecule has 1 fully saturated rings. The number of carbonyl (C=O) groups excluding carboxylic acids is 1. The van der Waals surface area contributed by atoms with Crippen molar-refractivity contribution in [2.45, 2.75) is 44.9 Å². The van der Waals surface area contributed by atoms with Gasteiger partial charge in [0.1, 0.15) is 18.1 Å². The van der Waals surface area contributed by atoms with Crippen LogP contribution in [0.2, 0.25) is 0 Å². The van der Waals surface area contributed by atoms with Crippen LogP contribution >= 0.6 is 0 Å². The number of nitrogens with zero attached hydrogens (tertiary/aromatic N) is 3. The predicted octanol–water partition coefficient (Wildman–Crippen LogP) is 3.16. The minimum Gasteiger partial charge on any atom is -0.497 e. The van der Waals surface area contributed by atoms with Crippen molar-refractivity contribution >= 4 is 5.91 Å². The molecule has 7 nitrogen and oxygen atoms in total. The summed E-state index contributed by atoms with van der Waals surface area (Å²) in [5.41, 5.74) is 1.06. The van der Waals surface area contributed by atoms with Crippen molar-refractivity contribution in [3.63, 3.8) is 0 Å². The van der Waals surface area contributed by atoms with Crippen LogP contribution in [0.4, 0.5) is 0 Å². The van der Waals surface area contributed by atoms with Crippen LogP contribution in [-0.2, 0) is 11.2 Å². The molecule has 1 aromatic carbocycles. The largest absolute Gasteiger partial charge is 0.497 e. The number of piperidine rings is 1. The molecule has 1 saturated heterocycles. The first-order chi connectivity index (χ1) is 13.5. The topological polar surface area (TPSA) is 77.7 Å². The second-order valence-electron chi connectivity index (χ2n) is 7.93. The molecular weight excluding hydrogens is 358 g/mol. The van der Waals surface area contributed by atoms with E-state index in [0.717, 1.165) is 48.8 Å². The van der Waals surface area contributed by atoms with Gasteiger partial charge in [-0.1, -0.05) is 25.1 Å². The number of amides is 1. The molecule has 3 heterocycles. The quantitative estimate of drug-likeness (QED) is 0.805. The highest BCUT2D eigenvalue weighted by atomic mass is 16.5. The maximum atomic E-state index is 13.0. The first-order valence-corrected chi connectivity index (χ1v) is 9.97. The number of hydrogen-bond donors (Lipinski definition) is 0. The van der Waals surface area contributed by atoms with Crippen molar-refractivity contribution < 1.29 is 18.8 Å². The zero-order valence-corrected chi connectivity index (χ0v) is 16.7. The van der Waals surface area contributed by atoms with Crippen LogP contribution in [0.5, 0.6) is 11.5 Å². The molecule has 0 spiro atoms. The smallest absolute Gasteiger partial charge is 0.229 e. The molecule has 2 aliphatic heterocycles. The molecule has 150 valence electrons. The number of rotatable bonds is 4. The Morgan fingerprint density at radius 2 is 2.07 bits per heavy atom. The van der Waals surface area contributed by atoms with Gasteiger partial charge < -0.3 is 18.9 Å². The molecule has 7 heteroatoms. The summed E-state index contributed by atoms with van der Waals surface area (Å²) in [6.07, 6.45) is 2.42. The molecule has 0 radical (unpaired) electrons. The van der Waals surface area contributed by atoms with Crippen molar-refractivity contribution in [1.29, 1.82) is 0 Å². The minimum atomic E-state index is -0.131. The normalized spacial score (nSPS) is 20.0. The zero-order valence-electron chi connectivity index (χ0n) is 16.7. The third-order valence-corrected chi connectivity index (χ3v) is 5.66. The lowest BCUT2D eigenvalue weighted by molar-refractivity contribution is -0.138. The number of aromatic nitrogens is 2. The van der Waals surface area contributed by atoms with Gasteiger partial charge in [-0.25, -0.2) is 0 Å². The SMILES string of the molecule is COc1ccc2c(c1)OC[C@@H](C(=O)N1CCC(c3nc(C(C)C)no3)CC1)C2. The molecule has 1 aromatic heterocycles. The fraction of sp³-hybridized carbons (Fsp3) is 0.571. The lowest BCUT2D eigenvalue weighted by Gasteiger charge is -2.34. The van der Waals surface area contributed by atoms with Gasteiger partial charge >= 0.3 is 0 Å². The van der Waals surface area contributed by atoms with Crippen LogP contribution in [0, 0.1) is 5.92 Å². The first kappa shape index (κ1) is 18.8. The van der Waals surface area contributed by atoms with E-state index in [-0.39, 0.29) is 23.7 Å². The molecule has 0 saturated carbocycles. The van der Waals surface area contributed by atoms with Crippen LogP contribution in [0.1, 0.15) is 55.8 Å². The van der Waals surface area contributed by atoms with Crippen LogP contribution in [-0.4, -0.2) is 47.8 Å². The number of methoxy groups -OCH3 is 1. The molecule has 2 aromatic rings. The van der Waals surface area contributed by atoms with E-state index in [1.807, 2.05) is 23.1 Å². The average molecular weight is 385 g/mol. The highest BCUT2D eigenvalue weighted by molar-refractivity contribution is 5.80. The highest BCUT2D eigenvalue weighted by Crippen LogP contribution is 2.33. The van der Waals surface area contributed by atoms with Crippen molar-refractivity contribution in [3.05, 3.63) is 35.5 Å². The Labute approximate surface area is 165 Å². The van der Waals surface area contributed by atoms with Crippen LogP contribution in [0.25, 0.3) is 0 Å². The Kier molecular flexibility index (Phi) is 5.24. The Balaban J connectivity index is 1.35. The third kappa shape index (κ3) is 3.70. The Morgan fingerprint density at radius 1 is 1.29 bits per heavy atom. The van der Waals surface area contributed by atoms with Crippen molar-refractivity contribution in [2.24, 2.45) is 5.92 Å². The van der Waals surface area contributed by atoms with E-state index in [4.69, 9.17) is 14.0 Å². The summed E-state index contributed by atoms with van der Waals surface area (Å²) >= 11 is 0. The van der Waals surface area contributed by atoms with Crippen molar-refractivity contribution in [1.82, 2.24) is 15.0 Å². The molecule has 0 bridgehead atoms. The Bertz CT molecular complexity index is 840. The maximum absolute atomic E-state index is 13.0. The van der Waals surface area contributed by atoms with Gasteiger partial charge in [0.05, 0.1) is 13.0 Å². The number of fused-ring (bicyclic) bond motifs is 1. The second kappa shape index (κ2) is 7.81. The van der Waals surface area contributed by atoms with Crippen molar-refractivity contribution in [2.75, 3.05) is 26.8 Å². The summed E-state index contributed by atoms with van der Waals surface area (Å²) in [4.78, 5) is 19.5. The lowest BCUT2D eigenvalue weighted by atomic mass is 9.92. The van der Waals surface area contributed by atoms with E-state index in [1.165, 1.54) is 0 Å². The van der Waals surface area contributed by atoms with Gasteiger partial charge in [-0.15, -0.1) is 0 Å². The van der Waals surface area contributed by atoms with E-state index in [9.17, 15) is 4.79 Å². The highest BCUT2D eigenvalue weighted by Gasteiger charge is 2.33. The molecular formula is C21H27N3O4. The van der Waals surface area contributed by atoms with Crippen LogP contribution < -0.4 is 9.47 Å². The summed E-state index contributed by atoms with van der Waals surface area (Å²) in [5.74, 6) is 3.59. The van der Waals surface area contributed by atoms with E-state index in [0.29, 0.717) is 18.9 Å². The minimum absolute atomic E-state index is 0.131. The molecule has 2 aliphatic rings. The average Bonchev–Trinajstić information content (AvgIpc) is 3.23. The van der Waals surface area contributed by atoms with Gasteiger partial charge in [0.2, 0.25) is 11.8 Å². The van der Waals surface area contributed by atoms with Crippen LogP contribution in [0.15, 0.2) is 22.7 Å². The van der Waals surface area contributed by atoms with Gasteiger partial charge in [0, 0.05) is 31.0 Å². The Hall–Kier alpha value is -2.57. The molecule has 0 aliphatic carbocycles.